The van der Waals surface area contributed by atoms with Gasteiger partial charge in [-0.1, -0.05) is 12.1 Å². The van der Waals surface area contributed by atoms with Gasteiger partial charge in [0.05, 0.1) is 4.90 Å². The van der Waals surface area contributed by atoms with Gasteiger partial charge in [0, 0.05) is 4.90 Å². The van der Waals surface area contributed by atoms with Crippen LogP contribution in [0.15, 0.2) is 39.2 Å². The summed E-state index contributed by atoms with van der Waals surface area (Å²) in [5.74, 6) is 5.94. The summed E-state index contributed by atoms with van der Waals surface area (Å²) in [5.41, 5.74) is -5.38. The molecule has 2 aromatic rings. The van der Waals surface area contributed by atoms with E-state index in [4.69, 9.17) is 5.84 Å². The molecule has 114 valence electrons. The highest BCUT2D eigenvalue weighted by atomic mass is 32.2. The molecule has 1 aromatic heterocycles. The Kier molecular flexibility index (Phi) is 3.89. The summed E-state index contributed by atoms with van der Waals surface area (Å²) in [6, 6.07) is 4.76. The van der Waals surface area contributed by atoms with Crippen LogP contribution in [-0.4, -0.2) is 28.8 Å². The highest BCUT2D eigenvalue weighted by Gasteiger charge is 2.48. The average molecular weight is 338 g/mol. The molecule has 0 spiro atoms. The third-order valence-corrected chi connectivity index (χ3v) is 5.19. The van der Waals surface area contributed by atoms with Crippen molar-refractivity contribution >= 4 is 21.6 Å². The van der Waals surface area contributed by atoms with Crippen LogP contribution in [0.1, 0.15) is 5.82 Å². The van der Waals surface area contributed by atoms with E-state index in [0.29, 0.717) is 17.6 Å². The zero-order chi connectivity index (χ0) is 15.8. The number of hydrogen-bond acceptors (Lipinski definition) is 6. The summed E-state index contributed by atoms with van der Waals surface area (Å²) in [5, 5.41) is 7.40. The van der Waals surface area contributed by atoms with Gasteiger partial charge in [0.1, 0.15) is 5.82 Å². The molecule has 0 atom stereocenters. The predicted octanol–water partition coefficient (Wildman–Crippen LogP) is 1.75. The van der Waals surface area contributed by atoms with Crippen LogP contribution in [0.5, 0.6) is 0 Å². The minimum absolute atomic E-state index is 0.0809. The van der Waals surface area contributed by atoms with Crippen molar-refractivity contribution in [2.75, 3.05) is 5.84 Å². The van der Waals surface area contributed by atoms with Crippen molar-refractivity contribution in [2.45, 2.75) is 27.4 Å². The van der Waals surface area contributed by atoms with Crippen molar-refractivity contribution in [1.82, 2.24) is 14.9 Å². The fourth-order valence-corrected chi connectivity index (χ4v) is 3.52. The molecule has 0 saturated carbocycles. The Morgan fingerprint density at radius 2 is 1.86 bits per heavy atom. The number of hydrogen-bond donors (Lipinski definition) is 1. The van der Waals surface area contributed by atoms with Crippen LogP contribution in [0.2, 0.25) is 0 Å². The monoisotopic (exact) mass is 338 g/mol. The van der Waals surface area contributed by atoms with Crippen LogP contribution in [0.25, 0.3) is 0 Å². The smallest absolute Gasteiger partial charge is 0.336 e. The van der Waals surface area contributed by atoms with E-state index in [0.717, 1.165) is 10.7 Å². The number of rotatable bonds is 3. The molecule has 11 heteroatoms. The molecule has 6 nitrogen and oxygen atoms in total. The lowest BCUT2D eigenvalue weighted by atomic mass is 10.4. The number of nitrogens with two attached hydrogens (primary N) is 1. The lowest BCUT2D eigenvalue weighted by molar-refractivity contribution is -0.0437. The highest BCUT2D eigenvalue weighted by molar-refractivity contribution is 8.00. The first-order valence-corrected chi connectivity index (χ1v) is 7.70. The van der Waals surface area contributed by atoms with Gasteiger partial charge in [-0.05, 0) is 30.8 Å². The molecule has 0 bridgehead atoms. The normalized spacial score (nSPS) is 12.6. The number of aryl methyl sites for hydroxylation is 1. The predicted molar refractivity (Wildman–Crippen MR) is 68.7 cm³/mol. The van der Waals surface area contributed by atoms with Gasteiger partial charge in [-0.15, -0.1) is 10.2 Å². The van der Waals surface area contributed by atoms with E-state index in [-0.39, 0.29) is 10.1 Å². The summed E-state index contributed by atoms with van der Waals surface area (Å²) in [6.07, 6.45) is 0. The van der Waals surface area contributed by atoms with E-state index >= 15 is 0 Å². The summed E-state index contributed by atoms with van der Waals surface area (Å²) in [6.45, 7) is 1.55. The fraction of sp³-hybridized carbons (Fsp3) is 0.200. The maximum absolute atomic E-state index is 12.7. The van der Waals surface area contributed by atoms with E-state index in [2.05, 4.69) is 10.2 Å². The van der Waals surface area contributed by atoms with Gasteiger partial charge in [0.15, 0.2) is 0 Å². The van der Waals surface area contributed by atoms with Crippen molar-refractivity contribution in [2.24, 2.45) is 0 Å². The molecule has 0 fully saturated rings. The van der Waals surface area contributed by atoms with Gasteiger partial charge >= 0.3 is 5.51 Å². The highest BCUT2D eigenvalue weighted by Crippen LogP contribution is 2.37. The second-order valence-electron chi connectivity index (χ2n) is 3.90. The maximum Gasteiger partial charge on any atom is 0.501 e. The molecule has 0 amide bonds. The van der Waals surface area contributed by atoms with Gasteiger partial charge in [0.2, 0.25) is 5.16 Å². The number of nitrogen functional groups attached to an aromatic ring is 1. The number of alkyl halides is 3. The van der Waals surface area contributed by atoms with Crippen molar-refractivity contribution in [3.05, 3.63) is 30.1 Å². The number of nitrogens with zero attached hydrogens (tertiary/aromatic N) is 3. The molecular weight excluding hydrogens is 329 g/mol. The Bertz CT molecular complexity index is 771. The molecule has 0 aliphatic rings. The molecule has 0 radical (unpaired) electrons. The first-order chi connectivity index (χ1) is 9.64. The minimum Gasteiger partial charge on any atom is -0.336 e. The zero-order valence-corrected chi connectivity index (χ0v) is 12.1. The van der Waals surface area contributed by atoms with Gasteiger partial charge < -0.3 is 5.84 Å². The lowest BCUT2D eigenvalue weighted by Gasteiger charge is -2.11. The topological polar surface area (TPSA) is 90.9 Å². The molecule has 0 unspecified atom stereocenters. The summed E-state index contributed by atoms with van der Waals surface area (Å²) in [7, 11) is -5.45. The largest absolute Gasteiger partial charge is 0.501 e. The van der Waals surface area contributed by atoms with Gasteiger partial charge in [-0.25, -0.2) is 13.1 Å². The van der Waals surface area contributed by atoms with Gasteiger partial charge in [-0.2, -0.15) is 13.2 Å². The SMILES string of the molecule is Cc1nnc(Sc2ccccc2S(=O)(=O)C(F)(F)F)n1N. The molecular formula is C10H9F3N4O2S2. The van der Waals surface area contributed by atoms with Crippen LogP contribution in [0.3, 0.4) is 0 Å². The van der Waals surface area contributed by atoms with Crippen molar-refractivity contribution in [1.29, 1.82) is 0 Å². The molecule has 2 N–H and O–H groups in total. The fourth-order valence-electron chi connectivity index (χ4n) is 1.40. The van der Waals surface area contributed by atoms with Crippen LogP contribution in [0, 0.1) is 6.92 Å². The van der Waals surface area contributed by atoms with Crippen molar-refractivity contribution in [3.63, 3.8) is 0 Å². The second kappa shape index (κ2) is 5.22. The zero-order valence-electron chi connectivity index (χ0n) is 10.5. The summed E-state index contributed by atoms with van der Waals surface area (Å²) >= 11 is 0.690. The van der Waals surface area contributed by atoms with Crippen LogP contribution in [-0.2, 0) is 9.84 Å². The van der Waals surface area contributed by atoms with Crippen molar-refractivity contribution < 1.29 is 21.6 Å². The van der Waals surface area contributed by atoms with E-state index in [1.54, 1.807) is 6.92 Å². The van der Waals surface area contributed by atoms with Crippen LogP contribution < -0.4 is 5.84 Å². The Labute approximate surface area is 122 Å². The van der Waals surface area contributed by atoms with Crippen LogP contribution >= 0.6 is 11.8 Å². The van der Waals surface area contributed by atoms with E-state index in [9.17, 15) is 21.6 Å². The Morgan fingerprint density at radius 3 is 2.38 bits per heavy atom. The third-order valence-electron chi connectivity index (χ3n) is 2.48. The summed E-state index contributed by atoms with van der Waals surface area (Å²) < 4.78 is 62.1. The Hall–Kier alpha value is -1.75. The van der Waals surface area contributed by atoms with Crippen molar-refractivity contribution in [3.8, 4) is 0 Å². The average Bonchev–Trinajstić information content (AvgIpc) is 2.70. The molecule has 0 saturated heterocycles. The number of sulfone groups is 1. The molecule has 1 heterocycles. The Morgan fingerprint density at radius 1 is 1.24 bits per heavy atom. The Balaban J connectivity index is 2.50. The molecule has 2 rings (SSSR count). The van der Waals surface area contributed by atoms with Crippen LogP contribution in [0.4, 0.5) is 13.2 Å². The number of halogens is 3. The third kappa shape index (κ3) is 2.83. The maximum atomic E-state index is 12.7. The molecule has 0 aliphatic carbocycles. The van der Waals surface area contributed by atoms with E-state index < -0.39 is 20.2 Å². The first-order valence-electron chi connectivity index (χ1n) is 5.40. The van der Waals surface area contributed by atoms with E-state index in [1.165, 1.54) is 18.2 Å². The summed E-state index contributed by atoms with van der Waals surface area (Å²) in [4.78, 5) is -0.975. The lowest BCUT2D eigenvalue weighted by Crippen LogP contribution is -2.23. The molecule has 1 aromatic carbocycles. The second-order valence-corrected chi connectivity index (χ2v) is 6.82. The number of benzene rings is 1. The van der Waals surface area contributed by atoms with Gasteiger partial charge in [0.25, 0.3) is 9.84 Å². The standard InChI is InChI=1S/C10H9F3N4O2S2/c1-6-15-16-9(17(6)14)20-7-4-2-3-5-8(7)21(18,19)10(11,12)13/h2-5H,14H2,1H3. The molecule has 21 heavy (non-hydrogen) atoms. The minimum atomic E-state index is -5.45. The van der Waals surface area contributed by atoms with Gasteiger partial charge in [-0.3, -0.25) is 0 Å². The van der Waals surface area contributed by atoms with E-state index in [1.807, 2.05) is 0 Å². The molecule has 0 aliphatic heterocycles. The quantitative estimate of drug-likeness (QED) is 0.857. The number of aromatic nitrogens is 3. The first kappa shape index (κ1) is 15.6.